The van der Waals surface area contributed by atoms with Crippen molar-refractivity contribution in [1.29, 1.82) is 0 Å². The molecule has 0 fully saturated rings. The molecule has 90 valence electrons. The van der Waals surface area contributed by atoms with Crippen molar-refractivity contribution in [1.82, 2.24) is 0 Å². The van der Waals surface area contributed by atoms with Crippen molar-refractivity contribution in [3.8, 4) is 0 Å². The topological polar surface area (TPSA) is 60.2 Å². The van der Waals surface area contributed by atoms with Gasteiger partial charge in [-0.3, -0.25) is 14.9 Å². The number of rotatable bonds is 4. The van der Waals surface area contributed by atoms with Crippen molar-refractivity contribution in [2.24, 2.45) is 0 Å². The Labute approximate surface area is 104 Å². The molecule has 4 nitrogen and oxygen atoms in total. The van der Waals surface area contributed by atoms with Crippen molar-refractivity contribution in [2.45, 2.75) is 6.42 Å². The molecule has 0 aliphatic carbocycles. The van der Waals surface area contributed by atoms with Gasteiger partial charge in [-0.2, -0.15) is 0 Å². The van der Waals surface area contributed by atoms with E-state index in [1.54, 1.807) is 18.2 Å². The van der Waals surface area contributed by atoms with E-state index in [9.17, 15) is 14.9 Å². The molecule has 0 aliphatic heterocycles. The molecule has 18 heavy (non-hydrogen) atoms. The van der Waals surface area contributed by atoms with Crippen LogP contribution >= 0.6 is 0 Å². The molecule has 2 aromatic carbocycles. The van der Waals surface area contributed by atoms with Gasteiger partial charge in [0, 0.05) is 17.7 Å². The van der Waals surface area contributed by atoms with E-state index in [-0.39, 0.29) is 5.69 Å². The molecule has 4 heteroatoms. The lowest BCUT2D eigenvalue weighted by molar-refractivity contribution is -0.384. The summed E-state index contributed by atoms with van der Waals surface area (Å²) < 4.78 is 0. The summed E-state index contributed by atoms with van der Waals surface area (Å²) in [5.74, 6) is 0. The van der Waals surface area contributed by atoms with Crippen LogP contribution in [0.3, 0.4) is 0 Å². The largest absolute Gasteiger partial charge is 0.298 e. The van der Waals surface area contributed by atoms with Crippen LogP contribution in [-0.2, 0) is 6.42 Å². The maximum atomic E-state index is 10.7. The van der Waals surface area contributed by atoms with Gasteiger partial charge in [-0.05, 0) is 23.6 Å². The number of hydrogen-bond acceptors (Lipinski definition) is 3. The van der Waals surface area contributed by atoms with E-state index in [4.69, 9.17) is 0 Å². The highest BCUT2D eigenvalue weighted by Gasteiger charge is 2.04. The summed E-state index contributed by atoms with van der Waals surface area (Å²) >= 11 is 0. The van der Waals surface area contributed by atoms with Crippen molar-refractivity contribution in [3.63, 3.8) is 0 Å². The molecule has 2 rings (SSSR count). The number of non-ortho nitro benzene ring substituents is 1. The van der Waals surface area contributed by atoms with E-state index in [1.165, 1.54) is 12.1 Å². The van der Waals surface area contributed by atoms with Gasteiger partial charge in [0.1, 0.15) is 6.29 Å². The molecule has 0 aliphatic rings. The Balaban J connectivity index is 2.17. The van der Waals surface area contributed by atoms with Gasteiger partial charge in [0.2, 0.25) is 0 Å². The zero-order chi connectivity index (χ0) is 13.0. The Hall–Kier alpha value is -2.49. The molecular weight excluding hydrogens is 230 g/mol. The van der Waals surface area contributed by atoms with E-state index in [0.29, 0.717) is 12.0 Å². The second-order valence-corrected chi connectivity index (χ2v) is 3.96. The minimum Gasteiger partial charge on any atom is -0.298 e. The normalized spacial score (nSPS) is 10.0. The number of nitro groups is 1. The molecular formula is C14H11NO3. The average Bonchev–Trinajstić information content (AvgIpc) is 2.39. The van der Waals surface area contributed by atoms with Crippen LogP contribution in [0.4, 0.5) is 5.69 Å². The third kappa shape index (κ3) is 2.79. The first-order chi connectivity index (χ1) is 8.69. The summed E-state index contributed by atoms with van der Waals surface area (Å²) in [7, 11) is 0. The lowest BCUT2D eigenvalue weighted by Gasteiger charge is -2.02. The molecule has 2 aromatic rings. The van der Waals surface area contributed by atoms with Gasteiger partial charge in [-0.15, -0.1) is 0 Å². The van der Waals surface area contributed by atoms with Crippen LogP contribution in [0.25, 0.3) is 0 Å². The maximum Gasteiger partial charge on any atom is 0.269 e. The first-order valence-corrected chi connectivity index (χ1v) is 5.46. The van der Waals surface area contributed by atoms with Crippen molar-refractivity contribution in [3.05, 3.63) is 75.3 Å². The fourth-order valence-corrected chi connectivity index (χ4v) is 1.75. The Kier molecular flexibility index (Phi) is 3.48. The Bertz CT molecular complexity index is 576. The Morgan fingerprint density at radius 1 is 1.06 bits per heavy atom. The molecule has 0 aromatic heterocycles. The first-order valence-electron chi connectivity index (χ1n) is 5.46. The number of hydrogen-bond donors (Lipinski definition) is 0. The standard InChI is InChI=1S/C14H11NO3/c16-10-13-3-1-2-12(9-13)8-11-4-6-14(7-5-11)15(17)18/h1-7,9-10H,8H2. The van der Waals surface area contributed by atoms with Crippen molar-refractivity contribution in [2.75, 3.05) is 0 Å². The number of carbonyl (C=O) groups is 1. The van der Waals surface area contributed by atoms with Gasteiger partial charge in [0.15, 0.2) is 0 Å². The molecule has 0 saturated heterocycles. The van der Waals surface area contributed by atoms with Crippen LogP contribution in [0, 0.1) is 10.1 Å². The molecule has 0 atom stereocenters. The highest BCUT2D eigenvalue weighted by Crippen LogP contribution is 2.15. The van der Waals surface area contributed by atoms with Crippen LogP contribution in [-0.4, -0.2) is 11.2 Å². The average molecular weight is 241 g/mol. The van der Waals surface area contributed by atoms with E-state index >= 15 is 0 Å². The second-order valence-electron chi connectivity index (χ2n) is 3.96. The predicted octanol–water partition coefficient (Wildman–Crippen LogP) is 3.00. The highest BCUT2D eigenvalue weighted by molar-refractivity contribution is 5.74. The van der Waals surface area contributed by atoms with Crippen LogP contribution < -0.4 is 0 Å². The van der Waals surface area contributed by atoms with Crippen molar-refractivity contribution < 1.29 is 9.72 Å². The summed E-state index contributed by atoms with van der Waals surface area (Å²) in [4.78, 5) is 20.8. The number of nitro benzene ring substituents is 1. The molecule has 0 amide bonds. The van der Waals surface area contributed by atoms with Gasteiger partial charge in [-0.1, -0.05) is 30.3 Å². The van der Waals surface area contributed by atoms with Crippen LogP contribution in [0.15, 0.2) is 48.5 Å². The van der Waals surface area contributed by atoms with E-state index in [0.717, 1.165) is 17.4 Å². The lowest BCUT2D eigenvalue weighted by Crippen LogP contribution is -1.92. The summed E-state index contributed by atoms with van der Waals surface area (Å²) in [6.45, 7) is 0. The maximum absolute atomic E-state index is 10.7. The minimum absolute atomic E-state index is 0.0837. The van der Waals surface area contributed by atoms with Gasteiger partial charge >= 0.3 is 0 Å². The van der Waals surface area contributed by atoms with Crippen molar-refractivity contribution >= 4 is 12.0 Å². The molecule has 0 unspecified atom stereocenters. The molecule has 0 saturated carbocycles. The Morgan fingerprint density at radius 2 is 1.78 bits per heavy atom. The van der Waals surface area contributed by atoms with Gasteiger partial charge in [0.25, 0.3) is 5.69 Å². The number of aldehydes is 1. The first kappa shape index (κ1) is 12.0. The van der Waals surface area contributed by atoms with Gasteiger partial charge in [0.05, 0.1) is 4.92 Å². The van der Waals surface area contributed by atoms with E-state index < -0.39 is 4.92 Å². The predicted molar refractivity (Wildman–Crippen MR) is 67.7 cm³/mol. The van der Waals surface area contributed by atoms with Crippen LogP contribution in [0.5, 0.6) is 0 Å². The molecule has 0 bridgehead atoms. The lowest BCUT2D eigenvalue weighted by atomic mass is 10.0. The minimum atomic E-state index is -0.420. The SMILES string of the molecule is O=Cc1cccc(Cc2ccc([N+](=O)[O-])cc2)c1. The summed E-state index contributed by atoms with van der Waals surface area (Å²) in [5, 5.41) is 10.5. The summed E-state index contributed by atoms with van der Waals surface area (Å²) in [6.07, 6.45) is 1.46. The second kappa shape index (κ2) is 5.23. The number of carbonyl (C=O) groups excluding carboxylic acids is 1. The summed E-state index contributed by atoms with van der Waals surface area (Å²) in [6, 6.07) is 13.7. The van der Waals surface area contributed by atoms with Gasteiger partial charge < -0.3 is 0 Å². The number of nitrogens with zero attached hydrogens (tertiary/aromatic N) is 1. The van der Waals surface area contributed by atoms with Crippen LogP contribution in [0.2, 0.25) is 0 Å². The molecule has 0 radical (unpaired) electrons. The Morgan fingerprint density at radius 3 is 2.39 bits per heavy atom. The monoisotopic (exact) mass is 241 g/mol. The third-order valence-corrected chi connectivity index (χ3v) is 2.64. The molecule has 0 spiro atoms. The quantitative estimate of drug-likeness (QED) is 0.469. The highest BCUT2D eigenvalue weighted by atomic mass is 16.6. The van der Waals surface area contributed by atoms with E-state index in [1.807, 2.05) is 18.2 Å². The zero-order valence-corrected chi connectivity index (χ0v) is 9.58. The van der Waals surface area contributed by atoms with Crippen LogP contribution in [0.1, 0.15) is 21.5 Å². The summed E-state index contributed by atoms with van der Waals surface area (Å²) in [5.41, 5.74) is 2.70. The smallest absolute Gasteiger partial charge is 0.269 e. The fourth-order valence-electron chi connectivity index (χ4n) is 1.75. The fraction of sp³-hybridized carbons (Fsp3) is 0.0714. The molecule has 0 N–H and O–H groups in total. The van der Waals surface area contributed by atoms with Gasteiger partial charge in [-0.25, -0.2) is 0 Å². The zero-order valence-electron chi connectivity index (χ0n) is 9.58. The van der Waals surface area contributed by atoms with E-state index in [2.05, 4.69) is 0 Å². The number of benzene rings is 2. The third-order valence-electron chi connectivity index (χ3n) is 2.64. The molecule has 0 heterocycles.